The third-order valence-corrected chi connectivity index (χ3v) is 2.56. The first-order valence-corrected chi connectivity index (χ1v) is 5.71. The maximum absolute atomic E-state index is 5.83. The average Bonchev–Trinajstić information content (AvgIpc) is 2.69. The van der Waals surface area contributed by atoms with Crippen LogP contribution in [0.1, 0.15) is 32.0 Å². The first-order chi connectivity index (χ1) is 7.65. The van der Waals surface area contributed by atoms with E-state index in [2.05, 4.69) is 23.8 Å². The second-order valence-corrected chi connectivity index (χ2v) is 3.47. The van der Waals surface area contributed by atoms with Gasteiger partial charge in [-0.2, -0.15) is 0 Å². The minimum absolute atomic E-state index is 0.531. The quantitative estimate of drug-likeness (QED) is 0.803. The van der Waals surface area contributed by atoms with Gasteiger partial charge in [0.25, 0.3) is 0 Å². The molecule has 4 nitrogen and oxygen atoms in total. The molecule has 16 heavy (non-hydrogen) atoms. The minimum Gasteiger partial charge on any atom is -0.382 e. The lowest BCUT2D eigenvalue weighted by molar-refractivity contribution is 0.935. The summed E-state index contributed by atoms with van der Waals surface area (Å²) >= 11 is 0. The van der Waals surface area contributed by atoms with Gasteiger partial charge in [-0.25, -0.2) is 9.97 Å². The Morgan fingerprint density at radius 1 is 1.38 bits per heavy atom. The van der Waals surface area contributed by atoms with E-state index in [1.807, 2.05) is 25.5 Å². The molecule has 0 unspecified atom stereocenters. The van der Waals surface area contributed by atoms with Crippen molar-refractivity contribution in [3.05, 3.63) is 17.6 Å². The Kier molecular flexibility index (Phi) is 3.88. The molecule has 0 atom stereocenters. The van der Waals surface area contributed by atoms with Crippen molar-refractivity contribution in [2.75, 3.05) is 5.73 Å². The predicted molar refractivity (Wildman–Crippen MR) is 68.4 cm³/mol. The van der Waals surface area contributed by atoms with Gasteiger partial charge in [-0.3, -0.25) is 0 Å². The molecule has 0 aromatic carbocycles. The summed E-state index contributed by atoms with van der Waals surface area (Å²) in [5, 5.41) is 0. The molecule has 2 rings (SSSR count). The van der Waals surface area contributed by atoms with Crippen LogP contribution in [0.25, 0.3) is 11.0 Å². The van der Waals surface area contributed by atoms with Crippen LogP contribution in [0.15, 0.2) is 6.33 Å². The summed E-state index contributed by atoms with van der Waals surface area (Å²) in [4.78, 5) is 8.56. The van der Waals surface area contributed by atoms with E-state index in [9.17, 15) is 0 Å². The Hall–Kier alpha value is -1.58. The molecule has 0 aliphatic heterocycles. The van der Waals surface area contributed by atoms with Gasteiger partial charge < -0.3 is 10.3 Å². The van der Waals surface area contributed by atoms with Crippen LogP contribution >= 0.6 is 0 Å². The topological polar surface area (TPSA) is 56.7 Å². The number of fused-ring (bicyclic) bond motifs is 1. The number of nitrogen functional groups attached to an aromatic ring is 1. The molecular formula is C12H20N4. The van der Waals surface area contributed by atoms with Crippen molar-refractivity contribution >= 4 is 16.9 Å². The van der Waals surface area contributed by atoms with Crippen LogP contribution in [0, 0.1) is 6.92 Å². The van der Waals surface area contributed by atoms with E-state index >= 15 is 0 Å². The zero-order valence-electron chi connectivity index (χ0n) is 10.7. The lowest BCUT2D eigenvalue weighted by Crippen LogP contribution is -2.01. The van der Waals surface area contributed by atoms with Gasteiger partial charge in [-0.05, 0) is 18.9 Å². The van der Waals surface area contributed by atoms with Crippen LogP contribution in [0.3, 0.4) is 0 Å². The smallest absolute Gasteiger partial charge is 0.151 e. The third kappa shape index (κ3) is 1.87. The second-order valence-electron chi connectivity index (χ2n) is 3.47. The van der Waals surface area contributed by atoms with E-state index in [4.69, 9.17) is 5.73 Å². The number of pyridine rings is 1. The van der Waals surface area contributed by atoms with Crippen molar-refractivity contribution in [1.29, 1.82) is 0 Å². The number of aryl methyl sites for hydroxylation is 3. The summed E-state index contributed by atoms with van der Waals surface area (Å²) in [6, 6.07) is 0. The molecular weight excluding hydrogens is 200 g/mol. The van der Waals surface area contributed by atoms with E-state index in [0.717, 1.165) is 23.1 Å². The van der Waals surface area contributed by atoms with E-state index < -0.39 is 0 Å². The van der Waals surface area contributed by atoms with Crippen LogP contribution in [0.5, 0.6) is 0 Å². The van der Waals surface area contributed by atoms with Crippen molar-refractivity contribution in [1.82, 2.24) is 14.5 Å². The molecule has 0 saturated carbocycles. The fraction of sp³-hybridized carbons (Fsp3) is 0.500. The fourth-order valence-electron chi connectivity index (χ4n) is 1.82. The predicted octanol–water partition coefficient (Wildman–Crippen LogP) is 2.45. The number of anilines is 1. The molecule has 0 saturated heterocycles. The Bertz CT molecular complexity index is 485. The zero-order valence-corrected chi connectivity index (χ0v) is 10.7. The number of hydrogen-bond acceptors (Lipinski definition) is 3. The Morgan fingerprint density at radius 2 is 2.00 bits per heavy atom. The highest BCUT2D eigenvalue weighted by Crippen LogP contribution is 2.23. The van der Waals surface area contributed by atoms with Crippen LogP contribution in [0.2, 0.25) is 0 Å². The number of hydrogen-bond donors (Lipinski definition) is 1. The summed E-state index contributed by atoms with van der Waals surface area (Å²) in [5.74, 6) is 0.531. The summed E-state index contributed by atoms with van der Waals surface area (Å²) in [5.41, 5.74) is 9.96. The molecule has 2 N–H and O–H groups in total. The van der Waals surface area contributed by atoms with Gasteiger partial charge in [-0.15, -0.1) is 0 Å². The van der Waals surface area contributed by atoms with Gasteiger partial charge in [0.15, 0.2) is 5.82 Å². The molecule has 0 radical (unpaired) electrons. The number of nitrogens with two attached hydrogens (primary N) is 1. The largest absolute Gasteiger partial charge is 0.382 e. The third-order valence-electron chi connectivity index (χ3n) is 2.56. The van der Waals surface area contributed by atoms with E-state index in [-0.39, 0.29) is 0 Å². The highest BCUT2D eigenvalue weighted by atomic mass is 15.0. The van der Waals surface area contributed by atoms with Gasteiger partial charge in [-0.1, -0.05) is 20.8 Å². The van der Waals surface area contributed by atoms with E-state index in [0.29, 0.717) is 5.82 Å². The van der Waals surface area contributed by atoms with Crippen LogP contribution in [0.4, 0.5) is 5.82 Å². The number of nitrogens with zero attached hydrogens (tertiary/aromatic N) is 3. The zero-order chi connectivity index (χ0) is 12.3. The molecule has 0 aliphatic rings. The van der Waals surface area contributed by atoms with Crippen LogP contribution < -0.4 is 5.73 Å². The van der Waals surface area contributed by atoms with Gasteiger partial charge in [0.05, 0.1) is 11.8 Å². The first kappa shape index (κ1) is 12.5. The Balaban J connectivity index is 0.000000606. The molecule has 4 heteroatoms. The molecule has 0 fully saturated rings. The lowest BCUT2D eigenvalue weighted by atomic mass is 10.1. The number of aromatic nitrogens is 3. The molecule has 0 spiro atoms. The monoisotopic (exact) mass is 220 g/mol. The maximum atomic E-state index is 5.83. The molecule has 88 valence electrons. The minimum atomic E-state index is 0.531. The van der Waals surface area contributed by atoms with Crippen LogP contribution in [-0.2, 0) is 13.5 Å². The van der Waals surface area contributed by atoms with E-state index in [1.165, 1.54) is 5.56 Å². The molecule has 2 aromatic heterocycles. The van der Waals surface area contributed by atoms with Crippen molar-refractivity contribution in [3.63, 3.8) is 0 Å². The Morgan fingerprint density at radius 3 is 2.56 bits per heavy atom. The van der Waals surface area contributed by atoms with Gasteiger partial charge >= 0.3 is 0 Å². The molecule has 2 aromatic rings. The van der Waals surface area contributed by atoms with Crippen molar-refractivity contribution in [2.24, 2.45) is 7.05 Å². The summed E-state index contributed by atoms with van der Waals surface area (Å²) in [6.45, 7) is 8.15. The normalized spacial score (nSPS) is 10.1. The molecule has 0 bridgehead atoms. The number of imidazole rings is 1. The van der Waals surface area contributed by atoms with Crippen molar-refractivity contribution in [3.8, 4) is 0 Å². The summed E-state index contributed by atoms with van der Waals surface area (Å²) in [7, 11) is 1.97. The molecule has 2 heterocycles. The molecule has 0 aliphatic carbocycles. The van der Waals surface area contributed by atoms with Gasteiger partial charge in [0, 0.05) is 12.7 Å². The first-order valence-electron chi connectivity index (χ1n) is 5.71. The van der Waals surface area contributed by atoms with Crippen molar-refractivity contribution in [2.45, 2.75) is 34.1 Å². The second kappa shape index (κ2) is 4.96. The van der Waals surface area contributed by atoms with Crippen molar-refractivity contribution < 1.29 is 0 Å². The Labute approximate surface area is 96.5 Å². The summed E-state index contributed by atoms with van der Waals surface area (Å²) < 4.78 is 1.99. The van der Waals surface area contributed by atoms with Gasteiger partial charge in [0.1, 0.15) is 5.52 Å². The molecule has 0 amide bonds. The summed E-state index contributed by atoms with van der Waals surface area (Å²) in [6.07, 6.45) is 2.67. The fourth-order valence-corrected chi connectivity index (χ4v) is 1.82. The SMILES string of the molecule is CC.CCc1nc(N)c2ncn(C)c2c1C. The highest BCUT2D eigenvalue weighted by molar-refractivity contribution is 5.87. The number of rotatable bonds is 1. The standard InChI is InChI=1S/C10H14N4.C2H6/c1-4-7-6(2)9-8(10(11)13-7)12-5-14(9)3;1-2/h5H,4H2,1-3H3,(H2,11,13);1-2H3. The van der Waals surface area contributed by atoms with Gasteiger partial charge in [0.2, 0.25) is 0 Å². The average molecular weight is 220 g/mol. The van der Waals surface area contributed by atoms with E-state index in [1.54, 1.807) is 6.33 Å². The lowest BCUT2D eigenvalue weighted by Gasteiger charge is -2.06. The highest BCUT2D eigenvalue weighted by Gasteiger charge is 2.11. The van der Waals surface area contributed by atoms with Crippen LogP contribution in [-0.4, -0.2) is 14.5 Å². The maximum Gasteiger partial charge on any atom is 0.151 e.